The lowest BCUT2D eigenvalue weighted by Gasteiger charge is -2.07. The largest absolute Gasteiger partial charge is 0.456 e. The van der Waals surface area contributed by atoms with Crippen LogP contribution < -0.4 is 10.6 Å². The van der Waals surface area contributed by atoms with Crippen molar-refractivity contribution < 1.29 is 23.6 Å². The van der Waals surface area contributed by atoms with Gasteiger partial charge in [-0.15, -0.1) is 0 Å². The minimum atomic E-state index is -0.652. The van der Waals surface area contributed by atoms with Crippen molar-refractivity contribution in [1.29, 1.82) is 0 Å². The minimum Gasteiger partial charge on any atom is -0.456 e. The highest BCUT2D eigenvalue weighted by Gasteiger charge is 2.12. The van der Waals surface area contributed by atoms with Crippen LogP contribution >= 0.6 is 23.4 Å². The van der Waals surface area contributed by atoms with Crippen molar-refractivity contribution in [2.24, 2.45) is 0 Å². The monoisotopic (exact) mass is 473 g/mol. The molecule has 1 heterocycles. The maximum Gasteiger partial charge on any atom is 0.306 e. The molecule has 1 aromatic heterocycles. The van der Waals surface area contributed by atoms with Gasteiger partial charge in [0.25, 0.3) is 5.91 Å². The molecule has 10 heteroatoms. The van der Waals surface area contributed by atoms with Gasteiger partial charge < -0.3 is 19.9 Å². The molecule has 0 aliphatic heterocycles. The number of rotatable bonds is 9. The zero-order valence-electron chi connectivity index (χ0n) is 17.1. The summed E-state index contributed by atoms with van der Waals surface area (Å²) in [6.07, 6.45) is -0.211. The topological polar surface area (TPSA) is 111 Å². The van der Waals surface area contributed by atoms with Crippen LogP contribution in [0.5, 0.6) is 0 Å². The quantitative estimate of drug-likeness (QED) is 0.434. The number of nitrogens with zero attached hydrogens (tertiary/aromatic N) is 1. The summed E-state index contributed by atoms with van der Waals surface area (Å²) in [6.45, 7) is 1.21. The first-order valence-corrected chi connectivity index (χ1v) is 10.8. The van der Waals surface area contributed by atoms with Crippen LogP contribution in [0.15, 0.2) is 68.9 Å². The molecule has 2 N–H and O–H groups in total. The van der Waals surface area contributed by atoms with Gasteiger partial charge in [-0.2, -0.15) is 0 Å². The Hall–Kier alpha value is -3.30. The number of carbonyl (C=O) groups is 3. The summed E-state index contributed by atoms with van der Waals surface area (Å²) in [7, 11) is 0. The summed E-state index contributed by atoms with van der Waals surface area (Å²) in [6, 6.07) is 16.4. The van der Waals surface area contributed by atoms with Gasteiger partial charge in [-0.3, -0.25) is 14.4 Å². The van der Waals surface area contributed by atoms with E-state index in [4.69, 9.17) is 20.9 Å². The highest BCUT2D eigenvalue weighted by molar-refractivity contribution is 7.99. The average molecular weight is 474 g/mol. The first-order chi connectivity index (χ1) is 15.4. The summed E-state index contributed by atoms with van der Waals surface area (Å²) in [5.74, 6) is -0.754. The maximum atomic E-state index is 12.1. The highest BCUT2D eigenvalue weighted by atomic mass is 35.5. The number of aromatic nitrogens is 1. The van der Waals surface area contributed by atoms with E-state index in [1.165, 1.54) is 6.07 Å². The molecule has 0 bridgehead atoms. The van der Waals surface area contributed by atoms with Crippen LogP contribution in [0.25, 0.3) is 0 Å². The first-order valence-electron chi connectivity index (χ1n) is 9.59. The predicted octanol–water partition coefficient (Wildman–Crippen LogP) is 4.69. The molecule has 0 spiro atoms. The Bertz CT molecular complexity index is 1080. The molecule has 0 aliphatic carbocycles. The van der Waals surface area contributed by atoms with Crippen LogP contribution in [0.1, 0.15) is 18.6 Å². The number of ether oxygens (including phenoxy) is 1. The van der Waals surface area contributed by atoms with Crippen LogP contribution in [-0.4, -0.2) is 29.5 Å². The first kappa shape index (κ1) is 23.4. The van der Waals surface area contributed by atoms with Gasteiger partial charge in [0, 0.05) is 33.0 Å². The van der Waals surface area contributed by atoms with Gasteiger partial charge >= 0.3 is 5.97 Å². The fourth-order valence-electron chi connectivity index (χ4n) is 2.51. The molecule has 3 rings (SSSR count). The standard InChI is InChI=1S/C22H20ClN3O5S/c1-14-12-19(26-31-14)25-21(28)13-30-22(29)11-10-20(27)24-16-4-8-18(9-5-16)32-17-6-2-15(23)3-7-17/h2-9,12H,10-11,13H2,1H3,(H,24,27)(H,25,26,28). The van der Waals surface area contributed by atoms with Gasteiger partial charge in [0.15, 0.2) is 12.4 Å². The van der Waals surface area contributed by atoms with E-state index in [2.05, 4.69) is 15.8 Å². The van der Waals surface area contributed by atoms with Crippen molar-refractivity contribution in [3.8, 4) is 0 Å². The third-order valence-corrected chi connectivity index (χ3v) is 5.27. The van der Waals surface area contributed by atoms with Gasteiger partial charge in [-0.25, -0.2) is 0 Å². The fourth-order valence-corrected chi connectivity index (χ4v) is 3.45. The van der Waals surface area contributed by atoms with Crippen LogP contribution in [0.2, 0.25) is 5.02 Å². The lowest BCUT2D eigenvalue weighted by atomic mass is 10.2. The number of carbonyl (C=O) groups excluding carboxylic acids is 3. The van der Waals surface area contributed by atoms with Gasteiger partial charge in [0.1, 0.15) is 5.76 Å². The number of halogens is 1. The summed E-state index contributed by atoms with van der Waals surface area (Å²) < 4.78 is 9.68. The molecule has 2 aromatic carbocycles. The molecule has 0 radical (unpaired) electrons. The van der Waals surface area contributed by atoms with Crippen LogP contribution in [-0.2, 0) is 19.1 Å². The summed E-state index contributed by atoms with van der Waals surface area (Å²) >= 11 is 7.46. The van der Waals surface area contributed by atoms with Crippen molar-refractivity contribution in [1.82, 2.24) is 5.16 Å². The minimum absolute atomic E-state index is 0.0653. The van der Waals surface area contributed by atoms with Crippen molar-refractivity contribution in [3.05, 3.63) is 65.4 Å². The molecule has 0 saturated heterocycles. The second kappa shape index (κ2) is 11.4. The number of esters is 1. The lowest BCUT2D eigenvalue weighted by molar-refractivity contribution is -0.147. The Kier molecular flexibility index (Phi) is 8.29. The molecule has 3 aromatic rings. The molecule has 0 atom stereocenters. The molecular formula is C22H20ClN3O5S. The Morgan fingerprint density at radius 1 is 0.969 bits per heavy atom. The van der Waals surface area contributed by atoms with E-state index in [1.807, 2.05) is 36.4 Å². The molecule has 32 heavy (non-hydrogen) atoms. The summed E-state index contributed by atoms with van der Waals surface area (Å²) in [5, 5.41) is 9.44. The number of nitrogens with one attached hydrogen (secondary N) is 2. The van der Waals surface area contributed by atoms with Crippen LogP contribution in [0.3, 0.4) is 0 Å². The number of anilines is 2. The Balaban J connectivity index is 1.36. The third-order valence-electron chi connectivity index (χ3n) is 4.00. The van der Waals surface area contributed by atoms with Gasteiger partial charge in [-0.1, -0.05) is 28.5 Å². The zero-order valence-corrected chi connectivity index (χ0v) is 18.7. The van der Waals surface area contributed by atoms with Crippen molar-refractivity contribution in [2.75, 3.05) is 17.2 Å². The number of aryl methyl sites for hydroxylation is 1. The zero-order chi connectivity index (χ0) is 22.9. The third kappa shape index (κ3) is 7.75. The molecule has 0 saturated carbocycles. The summed E-state index contributed by atoms with van der Waals surface area (Å²) in [4.78, 5) is 37.6. The highest BCUT2D eigenvalue weighted by Crippen LogP contribution is 2.29. The van der Waals surface area contributed by atoms with E-state index in [1.54, 1.807) is 30.8 Å². The van der Waals surface area contributed by atoms with E-state index in [0.717, 1.165) is 9.79 Å². The van der Waals surface area contributed by atoms with E-state index in [9.17, 15) is 14.4 Å². The fraction of sp³-hybridized carbons (Fsp3) is 0.182. The SMILES string of the molecule is Cc1cc(NC(=O)COC(=O)CCC(=O)Nc2ccc(Sc3ccc(Cl)cc3)cc2)no1. The molecule has 2 amide bonds. The van der Waals surface area contributed by atoms with Gasteiger partial charge in [0.05, 0.1) is 6.42 Å². The van der Waals surface area contributed by atoms with Crippen molar-refractivity contribution >= 4 is 52.7 Å². The Labute approximate surface area is 193 Å². The van der Waals surface area contributed by atoms with E-state index < -0.39 is 18.5 Å². The molecule has 0 fully saturated rings. The Morgan fingerprint density at radius 3 is 2.25 bits per heavy atom. The van der Waals surface area contributed by atoms with E-state index in [0.29, 0.717) is 16.5 Å². The molecule has 0 unspecified atom stereocenters. The molecule has 0 aliphatic rings. The predicted molar refractivity (Wildman–Crippen MR) is 121 cm³/mol. The lowest BCUT2D eigenvalue weighted by Crippen LogP contribution is -2.21. The maximum absolute atomic E-state index is 12.1. The van der Waals surface area contributed by atoms with E-state index in [-0.39, 0.29) is 24.6 Å². The molecule has 8 nitrogen and oxygen atoms in total. The van der Waals surface area contributed by atoms with Crippen LogP contribution in [0.4, 0.5) is 11.5 Å². The molecular weight excluding hydrogens is 454 g/mol. The van der Waals surface area contributed by atoms with Crippen LogP contribution in [0, 0.1) is 6.92 Å². The normalized spacial score (nSPS) is 10.4. The van der Waals surface area contributed by atoms with Crippen molar-refractivity contribution in [2.45, 2.75) is 29.6 Å². The number of hydrogen-bond donors (Lipinski definition) is 2. The average Bonchev–Trinajstić information content (AvgIpc) is 3.18. The number of hydrogen-bond acceptors (Lipinski definition) is 7. The van der Waals surface area contributed by atoms with Crippen molar-refractivity contribution in [3.63, 3.8) is 0 Å². The molecule has 166 valence electrons. The van der Waals surface area contributed by atoms with Gasteiger partial charge in [0.2, 0.25) is 5.91 Å². The second-order valence-electron chi connectivity index (χ2n) is 6.66. The Morgan fingerprint density at radius 2 is 1.62 bits per heavy atom. The van der Waals surface area contributed by atoms with Gasteiger partial charge in [-0.05, 0) is 55.5 Å². The number of amides is 2. The summed E-state index contributed by atoms with van der Waals surface area (Å²) in [5.41, 5.74) is 0.617. The number of benzene rings is 2. The second-order valence-corrected chi connectivity index (χ2v) is 8.24. The smallest absolute Gasteiger partial charge is 0.306 e. The van der Waals surface area contributed by atoms with E-state index >= 15 is 0 Å².